The van der Waals surface area contributed by atoms with Crippen molar-refractivity contribution in [3.05, 3.63) is 17.0 Å². The highest BCUT2D eigenvalue weighted by Crippen LogP contribution is 2.26. The van der Waals surface area contributed by atoms with E-state index in [1.807, 2.05) is 18.5 Å². The molecule has 1 aromatic heterocycles. The van der Waals surface area contributed by atoms with Gasteiger partial charge in [-0.15, -0.1) is 0 Å². The average Bonchev–Trinajstić information content (AvgIpc) is 3.28. The molecule has 144 valence electrons. The summed E-state index contributed by atoms with van der Waals surface area (Å²) in [6.45, 7) is 5.31. The number of hydrogen-bond donors (Lipinski definition) is 2. The van der Waals surface area contributed by atoms with Crippen molar-refractivity contribution >= 4 is 33.4 Å². The third kappa shape index (κ3) is 4.60. The zero-order chi connectivity index (χ0) is 18.7. The summed E-state index contributed by atoms with van der Waals surface area (Å²) >= 11 is 5.21. The van der Waals surface area contributed by atoms with Gasteiger partial charge in [0, 0.05) is 24.4 Å². The van der Waals surface area contributed by atoms with Gasteiger partial charge in [0.25, 0.3) is 0 Å². The van der Waals surface area contributed by atoms with Crippen molar-refractivity contribution in [1.82, 2.24) is 20.5 Å². The fourth-order valence-corrected chi connectivity index (χ4v) is 5.22. The van der Waals surface area contributed by atoms with E-state index in [9.17, 15) is 8.42 Å². The van der Waals surface area contributed by atoms with Crippen LogP contribution in [-0.2, 0) is 14.6 Å². The van der Waals surface area contributed by atoms with E-state index in [2.05, 4.69) is 20.9 Å². The highest BCUT2D eigenvalue weighted by molar-refractivity contribution is 7.91. The molecule has 2 saturated heterocycles. The molecular weight excluding hydrogens is 374 g/mol. The number of aromatic nitrogens is 2. The van der Waals surface area contributed by atoms with Crippen LogP contribution in [-0.4, -0.2) is 60.3 Å². The Morgan fingerprint density at radius 3 is 2.92 bits per heavy atom. The Bertz CT molecular complexity index is 797. The van der Waals surface area contributed by atoms with Crippen LogP contribution in [0.4, 0.5) is 0 Å². The van der Waals surface area contributed by atoms with Crippen LogP contribution in [0.15, 0.2) is 5.10 Å². The first-order valence-electron chi connectivity index (χ1n) is 8.80. The molecule has 3 heterocycles. The Hall–Kier alpha value is -1.52. The molecule has 1 aromatic rings. The molecule has 0 saturated carbocycles. The molecular formula is C16H25N5O3S2. The SMILES string of the molecule is Cc1nn([C@H]2CCS(=O)(=O)C2)c(C)c1/C=N\NC(=S)NC[C@@H]1CCCO1. The molecule has 2 atom stereocenters. The van der Waals surface area contributed by atoms with Gasteiger partial charge >= 0.3 is 0 Å². The second-order valence-corrected chi connectivity index (χ2v) is 9.44. The van der Waals surface area contributed by atoms with Crippen LogP contribution in [0.25, 0.3) is 0 Å². The average molecular weight is 400 g/mol. The first kappa shape index (κ1) is 19.2. The molecule has 0 spiro atoms. The van der Waals surface area contributed by atoms with E-state index < -0.39 is 9.84 Å². The lowest BCUT2D eigenvalue weighted by molar-refractivity contribution is 0.114. The quantitative estimate of drug-likeness (QED) is 0.430. The molecule has 2 N–H and O–H groups in total. The molecule has 0 radical (unpaired) electrons. The molecule has 0 aromatic carbocycles. The maximum Gasteiger partial charge on any atom is 0.187 e. The van der Waals surface area contributed by atoms with Crippen molar-refractivity contribution in [3.8, 4) is 0 Å². The fourth-order valence-electron chi connectivity index (χ4n) is 3.39. The summed E-state index contributed by atoms with van der Waals surface area (Å²) in [6, 6.07) is -0.0945. The van der Waals surface area contributed by atoms with E-state index in [0.717, 1.165) is 36.4 Å². The maximum absolute atomic E-state index is 11.7. The first-order valence-corrected chi connectivity index (χ1v) is 11.0. The first-order chi connectivity index (χ1) is 12.4. The Labute approximate surface area is 159 Å². The lowest BCUT2D eigenvalue weighted by atomic mass is 10.2. The van der Waals surface area contributed by atoms with E-state index in [-0.39, 0.29) is 23.7 Å². The summed E-state index contributed by atoms with van der Waals surface area (Å²) in [4.78, 5) is 0. The second-order valence-electron chi connectivity index (χ2n) is 6.80. The van der Waals surface area contributed by atoms with Gasteiger partial charge in [0.15, 0.2) is 14.9 Å². The number of hydrogen-bond acceptors (Lipinski definition) is 6. The zero-order valence-corrected chi connectivity index (χ0v) is 16.7. The smallest absolute Gasteiger partial charge is 0.187 e. The van der Waals surface area contributed by atoms with Crippen LogP contribution in [0.3, 0.4) is 0 Å². The Kier molecular flexibility index (Phi) is 5.93. The Balaban J connectivity index is 1.57. The second kappa shape index (κ2) is 8.01. The Morgan fingerprint density at radius 1 is 1.46 bits per heavy atom. The zero-order valence-electron chi connectivity index (χ0n) is 15.1. The van der Waals surface area contributed by atoms with Crippen LogP contribution in [0, 0.1) is 13.8 Å². The number of nitrogens with one attached hydrogen (secondary N) is 2. The summed E-state index contributed by atoms with van der Waals surface area (Å²) in [5.41, 5.74) is 5.41. The van der Waals surface area contributed by atoms with Gasteiger partial charge in [-0.1, -0.05) is 0 Å². The fraction of sp³-hybridized carbons (Fsp3) is 0.688. The number of aryl methyl sites for hydroxylation is 1. The highest BCUT2D eigenvalue weighted by Gasteiger charge is 2.31. The van der Waals surface area contributed by atoms with Crippen molar-refractivity contribution in [1.29, 1.82) is 0 Å². The molecule has 0 unspecified atom stereocenters. The molecule has 10 heteroatoms. The van der Waals surface area contributed by atoms with Crippen LogP contribution < -0.4 is 10.7 Å². The molecule has 0 bridgehead atoms. The standard InChI is InChI=1S/C16H25N5O3S2/c1-11-15(9-18-19-16(25)17-8-14-4-3-6-24-14)12(2)21(20-11)13-5-7-26(22,23)10-13/h9,13-14H,3-8,10H2,1-2H3,(H2,17,19,25)/b18-9-/t13-,14-/m0/s1. The topological polar surface area (TPSA) is 97.6 Å². The number of nitrogens with zero attached hydrogens (tertiary/aromatic N) is 3. The van der Waals surface area contributed by atoms with Gasteiger partial charge in [-0.3, -0.25) is 10.1 Å². The molecule has 3 rings (SSSR count). The molecule has 2 aliphatic rings. The van der Waals surface area contributed by atoms with Crippen molar-refractivity contribution in [2.75, 3.05) is 24.7 Å². The van der Waals surface area contributed by atoms with Crippen molar-refractivity contribution in [3.63, 3.8) is 0 Å². The van der Waals surface area contributed by atoms with Crippen molar-refractivity contribution < 1.29 is 13.2 Å². The minimum absolute atomic E-state index is 0.0945. The molecule has 0 amide bonds. The lowest BCUT2D eigenvalue weighted by Crippen LogP contribution is -2.37. The number of sulfone groups is 1. The third-order valence-corrected chi connectivity index (χ3v) is 6.80. The number of ether oxygens (including phenoxy) is 1. The van der Waals surface area contributed by atoms with E-state index in [1.54, 1.807) is 6.21 Å². The van der Waals surface area contributed by atoms with Gasteiger partial charge in [-0.05, 0) is 45.3 Å². The van der Waals surface area contributed by atoms with Crippen molar-refractivity contribution in [2.45, 2.75) is 45.3 Å². The maximum atomic E-state index is 11.7. The predicted octanol–water partition coefficient (Wildman–Crippen LogP) is 0.837. The third-order valence-electron chi connectivity index (χ3n) is 4.81. The summed E-state index contributed by atoms with van der Waals surface area (Å²) in [6.07, 6.45) is 4.64. The van der Waals surface area contributed by atoms with E-state index in [1.165, 1.54) is 0 Å². The minimum Gasteiger partial charge on any atom is -0.376 e. The van der Waals surface area contributed by atoms with E-state index >= 15 is 0 Å². The molecule has 0 aliphatic carbocycles. The van der Waals surface area contributed by atoms with Gasteiger partial charge in [0.2, 0.25) is 0 Å². The Morgan fingerprint density at radius 2 is 2.27 bits per heavy atom. The minimum atomic E-state index is -2.95. The van der Waals surface area contributed by atoms with Gasteiger partial charge in [0.05, 0.1) is 35.6 Å². The van der Waals surface area contributed by atoms with Crippen LogP contribution in [0.2, 0.25) is 0 Å². The van der Waals surface area contributed by atoms with E-state index in [4.69, 9.17) is 17.0 Å². The summed E-state index contributed by atoms with van der Waals surface area (Å²) < 4.78 is 30.8. The highest BCUT2D eigenvalue weighted by atomic mass is 32.2. The largest absolute Gasteiger partial charge is 0.376 e. The van der Waals surface area contributed by atoms with Crippen LogP contribution >= 0.6 is 12.2 Å². The van der Waals surface area contributed by atoms with Gasteiger partial charge in [-0.25, -0.2) is 8.42 Å². The monoisotopic (exact) mass is 399 g/mol. The van der Waals surface area contributed by atoms with Gasteiger partial charge < -0.3 is 10.1 Å². The molecule has 26 heavy (non-hydrogen) atoms. The molecule has 2 fully saturated rings. The number of hydrazone groups is 1. The van der Waals surface area contributed by atoms with Gasteiger partial charge in [0.1, 0.15) is 0 Å². The van der Waals surface area contributed by atoms with Crippen molar-refractivity contribution in [2.24, 2.45) is 5.10 Å². The molecule has 8 nitrogen and oxygen atoms in total. The number of thiocarbonyl (C=S) groups is 1. The van der Waals surface area contributed by atoms with Crippen LogP contribution in [0.1, 0.15) is 42.3 Å². The molecule has 2 aliphatic heterocycles. The summed E-state index contributed by atoms with van der Waals surface area (Å²) in [5.74, 6) is 0.382. The summed E-state index contributed by atoms with van der Waals surface area (Å²) in [7, 11) is -2.95. The summed E-state index contributed by atoms with van der Waals surface area (Å²) in [5, 5.41) is 12.2. The predicted molar refractivity (Wildman–Crippen MR) is 104 cm³/mol. The number of rotatable bonds is 5. The normalized spacial score (nSPS) is 25.0. The van der Waals surface area contributed by atoms with Crippen LogP contribution in [0.5, 0.6) is 0 Å². The van der Waals surface area contributed by atoms with Gasteiger partial charge in [-0.2, -0.15) is 10.2 Å². The van der Waals surface area contributed by atoms with E-state index in [0.29, 0.717) is 18.1 Å². The lowest BCUT2D eigenvalue weighted by Gasteiger charge is -2.12.